The van der Waals surface area contributed by atoms with Crippen LogP contribution in [0.1, 0.15) is 74.9 Å². The van der Waals surface area contributed by atoms with Gasteiger partial charge in [0.05, 0.1) is 56.2 Å². The summed E-state index contributed by atoms with van der Waals surface area (Å²) in [6.45, 7) is 14.0. The van der Waals surface area contributed by atoms with Crippen LogP contribution in [0.4, 0.5) is 51.2 Å². The summed E-state index contributed by atoms with van der Waals surface area (Å²) in [7, 11) is 0. The van der Waals surface area contributed by atoms with E-state index in [1.54, 1.807) is 0 Å². The lowest BCUT2D eigenvalue weighted by atomic mass is 9.73. The van der Waals surface area contributed by atoms with E-state index >= 15 is 0 Å². The Hall–Kier alpha value is -8.28. The lowest BCUT2D eigenvalue weighted by Gasteiger charge is -2.42. The Morgan fingerprint density at radius 2 is 0.543 bits per heavy atom. The highest BCUT2D eigenvalue weighted by Gasteiger charge is 2.39. The number of aromatic nitrogens is 2. The summed E-state index contributed by atoms with van der Waals surface area (Å²) in [5.74, 6) is 0. The number of anilines is 9. The molecule has 5 heteroatoms. The van der Waals surface area contributed by atoms with Crippen LogP contribution < -0.4 is 14.7 Å². The van der Waals surface area contributed by atoms with Crippen molar-refractivity contribution in [2.45, 2.75) is 57.8 Å². The van der Waals surface area contributed by atoms with E-state index in [4.69, 9.17) is 9.97 Å². The highest BCUT2D eigenvalue weighted by atomic mass is 15.2. The zero-order valence-electron chi connectivity index (χ0n) is 40.3. The summed E-state index contributed by atoms with van der Waals surface area (Å²) in [5, 5.41) is 4.40. The molecule has 3 aliphatic rings. The SMILES string of the molecule is CC1(C)c2ccccc2N(c2ccc3nc4c5ccc(N6c7ccccc7C(C)(C)c7ccccc76)cc5c5cc(N6c7ccccc7C(C)(C)c7ccccc76)ccc5c4nc3c2)c2ccccc21. The van der Waals surface area contributed by atoms with Gasteiger partial charge in [-0.15, -0.1) is 0 Å². The summed E-state index contributed by atoms with van der Waals surface area (Å²) in [6, 6.07) is 73.8. The zero-order chi connectivity index (χ0) is 47.3. The van der Waals surface area contributed by atoms with Gasteiger partial charge in [-0.1, -0.05) is 163 Å². The molecule has 0 spiro atoms. The molecule has 0 atom stereocenters. The molecule has 0 bridgehead atoms. The minimum absolute atomic E-state index is 0.152. The number of para-hydroxylation sites is 6. The van der Waals surface area contributed by atoms with Crippen molar-refractivity contribution in [2.24, 2.45) is 0 Å². The van der Waals surface area contributed by atoms with Gasteiger partial charge in [0.25, 0.3) is 0 Å². The van der Waals surface area contributed by atoms with Crippen molar-refractivity contribution in [3.63, 3.8) is 0 Å². The molecular formula is C65H51N5. The number of benzene rings is 10. The van der Waals surface area contributed by atoms with Crippen molar-refractivity contribution >= 4 is 94.8 Å². The molecule has 4 heterocycles. The number of hydrogen-bond donors (Lipinski definition) is 0. The quantitative estimate of drug-likeness (QED) is 0.130. The first-order valence-electron chi connectivity index (χ1n) is 24.6. The van der Waals surface area contributed by atoms with Gasteiger partial charge in [-0.2, -0.15) is 0 Å². The Balaban J connectivity index is 1.03. The number of nitrogens with zero attached hydrogens (tertiary/aromatic N) is 5. The van der Waals surface area contributed by atoms with E-state index in [9.17, 15) is 0 Å². The predicted molar refractivity (Wildman–Crippen MR) is 292 cm³/mol. The average molecular weight is 902 g/mol. The Labute approximate surface area is 408 Å². The summed E-state index contributed by atoms with van der Waals surface area (Å²) in [6.07, 6.45) is 0. The average Bonchev–Trinajstić information content (AvgIpc) is 3.38. The van der Waals surface area contributed by atoms with Crippen molar-refractivity contribution in [2.75, 3.05) is 14.7 Å². The molecule has 0 aliphatic carbocycles. The van der Waals surface area contributed by atoms with Gasteiger partial charge in [-0.25, -0.2) is 9.97 Å². The standard InChI is InChI=1S/C65H51N5/c1-63(2)47-19-7-13-25-55(47)68(56-26-14-8-20-48(56)63)40-31-34-43-45(37-40)46-38-41(69-57-27-15-9-21-49(57)64(3,4)50-22-10-16-28-58(50)69)32-35-44(46)62-61(43)66-53-36-33-42(39-54(53)67-62)70-59-29-17-11-23-51(59)65(5,6)52-24-12-18-30-60(52)70/h7-39H,1-6H3. The van der Waals surface area contributed by atoms with Crippen molar-refractivity contribution in [3.8, 4) is 0 Å². The molecule has 0 radical (unpaired) electrons. The molecule has 0 unspecified atom stereocenters. The third-order valence-electron chi connectivity index (χ3n) is 16.1. The number of rotatable bonds is 3. The van der Waals surface area contributed by atoms with Gasteiger partial charge in [-0.05, 0) is 123 Å². The lowest BCUT2D eigenvalue weighted by Crippen LogP contribution is -2.30. The van der Waals surface area contributed by atoms with E-state index < -0.39 is 0 Å². The fourth-order valence-electron chi connectivity index (χ4n) is 12.6. The molecule has 0 saturated carbocycles. The topological polar surface area (TPSA) is 35.5 Å². The van der Waals surface area contributed by atoms with Gasteiger partial charge < -0.3 is 14.7 Å². The first kappa shape index (κ1) is 40.8. The molecule has 10 aromatic carbocycles. The van der Waals surface area contributed by atoms with Gasteiger partial charge in [0.1, 0.15) is 0 Å². The van der Waals surface area contributed by atoms with E-state index in [0.29, 0.717) is 0 Å². The highest BCUT2D eigenvalue weighted by Crippen LogP contribution is 2.56. The zero-order valence-corrected chi connectivity index (χ0v) is 40.3. The van der Waals surface area contributed by atoms with Crippen LogP contribution in [0, 0.1) is 0 Å². The van der Waals surface area contributed by atoms with Crippen LogP contribution in [0.3, 0.4) is 0 Å². The molecule has 70 heavy (non-hydrogen) atoms. The maximum Gasteiger partial charge on any atom is 0.0979 e. The third-order valence-corrected chi connectivity index (χ3v) is 16.1. The van der Waals surface area contributed by atoms with Gasteiger partial charge in [0.2, 0.25) is 0 Å². The van der Waals surface area contributed by atoms with Gasteiger partial charge >= 0.3 is 0 Å². The Bertz CT molecular complexity index is 3880. The second kappa shape index (κ2) is 14.4. The van der Waals surface area contributed by atoms with E-state index in [2.05, 4.69) is 256 Å². The Morgan fingerprint density at radius 3 is 0.871 bits per heavy atom. The maximum absolute atomic E-state index is 5.66. The fourth-order valence-corrected chi connectivity index (χ4v) is 12.6. The normalized spacial score (nSPS) is 15.8. The monoisotopic (exact) mass is 901 g/mol. The van der Waals surface area contributed by atoms with Gasteiger partial charge in [0.15, 0.2) is 0 Å². The van der Waals surface area contributed by atoms with Crippen molar-refractivity contribution in [3.05, 3.63) is 234 Å². The molecule has 14 rings (SSSR count). The smallest absolute Gasteiger partial charge is 0.0979 e. The first-order valence-corrected chi connectivity index (χ1v) is 24.6. The van der Waals surface area contributed by atoms with Crippen LogP contribution in [-0.2, 0) is 16.2 Å². The summed E-state index contributed by atoms with van der Waals surface area (Å²) in [5.41, 5.74) is 21.3. The molecule has 0 N–H and O–H groups in total. The van der Waals surface area contributed by atoms with E-state index in [-0.39, 0.29) is 16.2 Å². The lowest BCUT2D eigenvalue weighted by molar-refractivity contribution is 0.632. The summed E-state index contributed by atoms with van der Waals surface area (Å²) >= 11 is 0. The first-order chi connectivity index (χ1) is 34.0. The largest absolute Gasteiger partial charge is 0.310 e. The van der Waals surface area contributed by atoms with Gasteiger partial charge in [0, 0.05) is 44.1 Å². The molecule has 0 amide bonds. The minimum Gasteiger partial charge on any atom is -0.310 e. The van der Waals surface area contributed by atoms with Crippen molar-refractivity contribution in [1.82, 2.24) is 9.97 Å². The Kier molecular flexibility index (Phi) is 8.37. The van der Waals surface area contributed by atoms with Crippen LogP contribution in [0.25, 0.3) is 43.6 Å². The summed E-state index contributed by atoms with van der Waals surface area (Å²) in [4.78, 5) is 18.6. The van der Waals surface area contributed by atoms with Crippen molar-refractivity contribution < 1.29 is 0 Å². The molecule has 1 aromatic heterocycles. The molecule has 0 saturated heterocycles. The van der Waals surface area contributed by atoms with E-state index in [1.165, 1.54) is 67.5 Å². The van der Waals surface area contributed by atoms with Crippen LogP contribution in [0.2, 0.25) is 0 Å². The minimum atomic E-state index is -0.169. The maximum atomic E-state index is 5.66. The molecular weight excluding hydrogens is 851 g/mol. The van der Waals surface area contributed by atoms with Crippen LogP contribution in [-0.4, -0.2) is 9.97 Å². The molecule has 3 aliphatic heterocycles. The van der Waals surface area contributed by atoms with Crippen LogP contribution in [0.15, 0.2) is 200 Å². The second-order valence-electron chi connectivity index (χ2n) is 21.0. The van der Waals surface area contributed by atoms with Crippen molar-refractivity contribution in [1.29, 1.82) is 0 Å². The molecule has 0 fully saturated rings. The second-order valence-corrected chi connectivity index (χ2v) is 21.0. The molecule has 336 valence electrons. The molecule has 5 nitrogen and oxygen atoms in total. The highest BCUT2D eigenvalue weighted by molar-refractivity contribution is 6.25. The van der Waals surface area contributed by atoms with Crippen LogP contribution >= 0.6 is 0 Å². The van der Waals surface area contributed by atoms with E-state index in [0.717, 1.165) is 60.7 Å². The number of hydrogen-bond acceptors (Lipinski definition) is 5. The third kappa shape index (κ3) is 5.54. The molecule has 11 aromatic rings. The summed E-state index contributed by atoms with van der Waals surface area (Å²) < 4.78 is 0. The number of fused-ring (bicyclic) bond motifs is 13. The fraction of sp³-hybridized carbons (Fsp3) is 0.138. The van der Waals surface area contributed by atoms with Gasteiger partial charge in [-0.3, -0.25) is 0 Å². The Morgan fingerprint density at radius 1 is 0.271 bits per heavy atom. The predicted octanol–water partition coefficient (Wildman–Crippen LogP) is 17.4. The van der Waals surface area contributed by atoms with Crippen LogP contribution in [0.5, 0.6) is 0 Å². The van der Waals surface area contributed by atoms with E-state index in [1.807, 2.05) is 0 Å².